The molecule has 1 unspecified atom stereocenters. The number of aromatic nitrogens is 2. The highest BCUT2D eigenvalue weighted by molar-refractivity contribution is 7.99. The highest BCUT2D eigenvalue weighted by Gasteiger charge is 2.18. The maximum absolute atomic E-state index is 5.69. The van der Waals surface area contributed by atoms with Gasteiger partial charge in [-0.1, -0.05) is 6.92 Å². The van der Waals surface area contributed by atoms with E-state index in [2.05, 4.69) is 31.1 Å². The maximum atomic E-state index is 5.69. The van der Waals surface area contributed by atoms with Crippen molar-refractivity contribution in [1.82, 2.24) is 9.97 Å². The molecule has 2 heterocycles. The zero-order valence-electron chi connectivity index (χ0n) is 12.7. The molecule has 1 aliphatic rings. The van der Waals surface area contributed by atoms with Crippen LogP contribution in [0.1, 0.15) is 44.5 Å². The lowest BCUT2D eigenvalue weighted by Gasteiger charge is -2.14. The van der Waals surface area contributed by atoms with Crippen molar-refractivity contribution in [3.63, 3.8) is 0 Å². The predicted molar refractivity (Wildman–Crippen MR) is 84.6 cm³/mol. The SMILES string of the molecule is CCCc1nc(NCC)c(C)c(SCC2CCCO2)n1. The van der Waals surface area contributed by atoms with Gasteiger partial charge in [0.15, 0.2) is 0 Å². The zero-order chi connectivity index (χ0) is 14.4. The minimum absolute atomic E-state index is 0.395. The van der Waals surface area contributed by atoms with E-state index in [0.29, 0.717) is 6.10 Å². The van der Waals surface area contributed by atoms with Gasteiger partial charge in [0.1, 0.15) is 16.7 Å². The number of aryl methyl sites for hydroxylation is 1. The monoisotopic (exact) mass is 295 g/mol. The summed E-state index contributed by atoms with van der Waals surface area (Å²) in [6.07, 6.45) is 4.78. The van der Waals surface area contributed by atoms with Gasteiger partial charge in [0.2, 0.25) is 0 Å². The van der Waals surface area contributed by atoms with Crippen LogP contribution in [0.3, 0.4) is 0 Å². The molecule has 0 aliphatic carbocycles. The first-order valence-electron chi connectivity index (χ1n) is 7.60. The van der Waals surface area contributed by atoms with E-state index in [1.54, 1.807) is 0 Å². The fourth-order valence-corrected chi connectivity index (χ4v) is 3.39. The topological polar surface area (TPSA) is 47.0 Å². The van der Waals surface area contributed by atoms with Crippen LogP contribution in [0.5, 0.6) is 0 Å². The molecule has 0 radical (unpaired) electrons. The van der Waals surface area contributed by atoms with Gasteiger partial charge >= 0.3 is 0 Å². The minimum atomic E-state index is 0.395. The Labute approximate surface area is 126 Å². The summed E-state index contributed by atoms with van der Waals surface area (Å²) in [5, 5.41) is 4.45. The summed E-state index contributed by atoms with van der Waals surface area (Å²) in [4.78, 5) is 9.35. The van der Waals surface area contributed by atoms with E-state index in [-0.39, 0.29) is 0 Å². The van der Waals surface area contributed by atoms with E-state index in [4.69, 9.17) is 9.72 Å². The van der Waals surface area contributed by atoms with Crippen molar-refractivity contribution in [2.75, 3.05) is 24.2 Å². The van der Waals surface area contributed by atoms with Crippen LogP contribution in [0.25, 0.3) is 0 Å². The van der Waals surface area contributed by atoms with Crippen LogP contribution in [-0.2, 0) is 11.2 Å². The highest BCUT2D eigenvalue weighted by Crippen LogP contribution is 2.28. The normalized spacial score (nSPS) is 18.4. The molecule has 1 atom stereocenters. The molecule has 1 aliphatic heterocycles. The fourth-order valence-electron chi connectivity index (χ4n) is 2.30. The molecule has 2 rings (SSSR count). The standard InChI is InChI=1S/C15H25N3OS/c1-4-7-13-17-14(16-5-2)11(3)15(18-13)20-10-12-8-6-9-19-12/h12H,4-10H2,1-3H3,(H,16,17,18). The minimum Gasteiger partial charge on any atom is -0.377 e. The average Bonchev–Trinajstić information content (AvgIpc) is 2.94. The molecule has 0 aromatic carbocycles. The summed E-state index contributed by atoms with van der Waals surface area (Å²) >= 11 is 1.81. The van der Waals surface area contributed by atoms with Crippen molar-refractivity contribution in [1.29, 1.82) is 0 Å². The molecule has 0 saturated carbocycles. The fraction of sp³-hybridized carbons (Fsp3) is 0.733. The molecule has 4 nitrogen and oxygen atoms in total. The Bertz CT molecular complexity index is 433. The molecule has 20 heavy (non-hydrogen) atoms. The van der Waals surface area contributed by atoms with Gasteiger partial charge in [-0.05, 0) is 33.1 Å². The van der Waals surface area contributed by atoms with Crippen molar-refractivity contribution < 1.29 is 4.74 Å². The van der Waals surface area contributed by atoms with Gasteiger partial charge in [-0.25, -0.2) is 9.97 Å². The van der Waals surface area contributed by atoms with Crippen LogP contribution in [-0.4, -0.2) is 35.0 Å². The lowest BCUT2D eigenvalue weighted by molar-refractivity contribution is 0.129. The van der Waals surface area contributed by atoms with Gasteiger partial charge < -0.3 is 10.1 Å². The van der Waals surface area contributed by atoms with Crippen LogP contribution in [0, 0.1) is 6.92 Å². The second-order valence-corrected chi connectivity index (χ2v) is 6.15. The van der Waals surface area contributed by atoms with Gasteiger partial charge in [-0.2, -0.15) is 0 Å². The average molecular weight is 295 g/mol. The third-order valence-electron chi connectivity index (χ3n) is 3.40. The lowest BCUT2D eigenvalue weighted by atomic mass is 10.3. The molecular weight excluding hydrogens is 270 g/mol. The van der Waals surface area contributed by atoms with E-state index >= 15 is 0 Å². The second-order valence-electron chi connectivity index (χ2n) is 5.14. The van der Waals surface area contributed by atoms with Crippen LogP contribution in [0.4, 0.5) is 5.82 Å². The third kappa shape index (κ3) is 4.09. The second kappa shape index (κ2) is 7.84. The van der Waals surface area contributed by atoms with Crippen molar-refractivity contribution in [3.8, 4) is 0 Å². The first kappa shape index (κ1) is 15.6. The number of ether oxygens (including phenoxy) is 1. The predicted octanol–water partition coefficient (Wildman–Crippen LogP) is 3.44. The lowest BCUT2D eigenvalue weighted by Crippen LogP contribution is -2.11. The highest BCUT2D eigenvalue weighted by atomic mass is 32.2. The Kier molecular flexibility index (Phi) is 6.10. The number of hydrogen-bond donors (Lipinski definition) is 1. The summed E-state index contributed by atoms with van der Waals surface area (Å²) in [5.74, 6) is 2.93. The first-order valence-corrected chi connectivity index (χ1v) is 8.59. The number of rotatable bonds is 7. The zero-order valence-corrected chi connectivity index (χ0v) is 13.6. The molecule has 0 bridgehead atoms. The number of hydrogen-bond acceptors (Lipinski definition) is 5. The Morgan fingerprint density at radius 2 is 2.20 bits per heavy atom. The van der Waals surface area contributed by atoms with Crippen molar-refractivity contribution >= 4 is 17.6 Å². The van der Waals surface area contributed by atoms with E-state index in [1.807, 2.05) is 11.8 Å². The van der Waals surface area contributed by atoms with Crippen LogP contribution in [0.2, 0.25) is 0 Å². The van der Waals surface area contributed by atoms with E-state index in [0.717, 1.165) is 54.0 Å². The Morgan fingerprint density at radius 3 is 2.85 bits per heavy atom. The molecule has 1 N–H and O–H groups in total. The van der Waals surface area contributed by atoms with E-state index in [9.17, 15) is 0 Å². The van der Waals surface area contributed by atoms with Crippen LogP contribution in [0.15, 0.2) is 5.03 Å². The molecule has 1 saturated heterocycles. The number of nitrogens with one attached hydrogen (secondary N) is 1. The third-order valence-corrected chi connectivity index (χ3v) is 4.60. The smallest absolute Gasteiger partial charge is 0.133 e. The quantitative estimate of drug-likeness (QED) is 0.617. The summed E-state index contributed by atoms with van der Waals surface area (Å²) in [5.41, 5.74) is 1.16. The van der Waals surface area contributed by atoms with E-state index in [1.165, 1.54) is 12.8 Å². The molecule has 0 amide bonds. The summed E-state index contributed by atoms with van der Waals surface area (Å²) in [6.45, 7) is 8.16. The van der Waals surface area contributed by atoms with Gasteiger partial charge in [0, 0.05) is 30.9 Å². The Morgan fingerprint density at radius 1 is 1.35 bits per heavy atom. The summed E-state index contributed by atoms with van der Waals surface area (Å²) < 4.78 is 5.69. The van der Waals surface area contributed by atoms with Crippen molar-refractivity contribution in [2.24, 2.45) is 0 Å². The van der Waals surface area contributed by atoms with Gasteiger partial charge in [-0.15, -0.1) is 11.8 Å². The van der Waals surface area contributed by atoms with Crippen LogP contribution < -0.4 is 5.32 Å². The number of nitrogens with zero attached hydrogens (tertiary/aromatic N) is 2. The molecule has 1 aromatic heterocycles. The first-order chi connectivity index (χ1) is 9.74. The van der Waals surface area contributed by atoms with E-state index < -0.39 is 0 Å². The molecule has 112 valence electrons. The van der Waals surface area contributed by atoms with Gasteiger partial charge in [0.25, 0.3) is 0 Å². The Hall–Kier alpha value is -0.810. The number of thioether (sulfide) groups is 1. The molecular formula is C15H25N3OS. The molecule has 0 spiro atoms. The van der Waals surface area contributed by atoms with Crippen molar-refractivity contribution in [2.45, 2.75) is 57.6 Å². The summed E-state index contributed by atoms with van der Waals surface area (Å²) in [7, 11) is 0. The Balaban J connectivity index is 2.11. The maximum Gasteiger partial charge on any atom is 0.133 e. The van der Waals surface area contributed by atoms with Crippen LogP contribution >= 0.6 is 11.8 Å². The number of anilines is 1. The summed E-state index contributed by atoms with van der Waals surface area (Å²) in [6, 6.07) is 0. The van der Waals surface area contributed by atoms with Gasteiger partial charge in [0.05, 0.1) is 6.10 Å². The van der Waals surface area contributed by atoms with Crippen molar-refractivity contribution in [3.05, 3.63) is 11.4 Å². The largest absolute Gasteiger partial charge is 0.377 e. The van der Waals surface area contributed by atoms with Gasteiger partial charge in [-0.3, -0.25) is 0 Å². The molecule has 5 heteroatoms. The molecule has 1 fully saturated rings. The molecule has 1 aromatic rings.